The van der Waals surface area contributed by atoms with Crippen molar-refractivity contribution in [2.45, 2.75) is 19.4 Å². The van der Waals surface area contributed by atoms with Crippen LogP contribution >= 0.6 is 0 Å². The average molecular weight is 189 g/mol. The summed E-state index contributed by atoms with van der Waals surface area (Å²) in [5.74, 6) is -0.826. The van der Waals surface area contributed by atoms with Gasteiger partial charge in [0, 0.05) is 6.42 Å². The maximum absolute atomic E-state index is 10.6. The fourth-order valence-corrected chi connectivity index (χ4v) is 1.20. The highest BCUT2D eigenvalue weighted by Gasteiger charge is 2.08. The van der Waals surface area contributed by atoms with Crippen molar-refractivity contribution in [3.63, 3.8) is 0 Å². The molecular formula is C11H11NO2. The monoisotopic (exact) mass is 189 g/mol. The van der Waals surface area contributed by atoms with E-state index >= 15 is 0 Å². The van der Waals surface area contributed by atoms with Crippen LogP contribution in [-0.4, -0.2) is 12.1 Å². The van der Waals surface area contributed by atoms with Crippen LogP contribution in [-0.2, 0) is 16.0 Å². The molecule has 0 aromatic heterocycles. The third kappa shape index (κ3) is 3.28. The van der Waals surface area contributed by atoms with Gasteiger partial charge in [-0.3, -0.25) is 0 Å². The van der Waals surface area contributed by atoms with E-state index in [1.807, 2.05) is 30.3 Å². The highest BCUT2D eigenvalue weighted by Crippen LogP contribution is 2.05. The first-order valence-corrected chi connectivity index (χ1v) is 4.37. The van der Waals surface area contributed by atoms with Gasteiger partial charge in [-0.25, -0.2) is 4.79 Å². The molecule has 3 heteroatoms. The van der Waals surface area contributed by atoms with Crippen LogP contribution in [0.15, 0.2) is 30.3 Å². The zero-order valence-corrected chi connectivity index (χ0v) is 7.93. The van der Waals surface area contributed by atoms with Gasteiger partial charge < -0.3 is 4.74 Å². The molecule has 3 nitrogen and oxygen atoms in total. The highest BCUT2D eigenvalue weighted by molar-refractivity contribution is 5.85. The Kier molecular flexibility index (Phi) is 3.69. The van der Waals surface area contributed by atoms with Crippen LogP contribution in [0.3, 0.4) is 0 Å². The molecular weight excluding hydrogens is 178 g/mol. The van der Waals surface area contributed by atoms with E-state index < -0.39 is 5.97 Å². The largest absolute Gasteiger partial charge is 0.451 e. The van der Waals surface area contributed by atoms with E-state index in [1.165, 1.54) is 6.07 Å². The molecule has 72 valence electrons. The molecule has 0 aliphatic rings. The molecule has 1 aromatic carbocycles. The molecule has 0 amide bonds. The second-order valence-corrected chi connectivity index (χ2v) is 3.02. The van der Waals surface area contributed by atoms with Gasteiger partial charge in [-0.2, -0.15) is 5.26 Å². The predicted molar refractivity (Wildman–Crippen MR) is 51.3 cm³/mol. The van der Waals surface area contributed by atoms with E-state index in [9.17, 15) is 4.79 Å². The molecule has 0 N–H and O–H groups in total. The van der Waals surface area contributed by atoms with Gasteiger partial charge in [0.2, 0.25) is 0 Å². The summed E-state index contributed by atoms with van der Waals surface area (Å²) in [6.07, 6.45) is 0.374. The Morgan fingerprint density at radius 1 is 1.50 bits per heavy atom. The van der Waals surface area contributed by atoms with Crippen LogP contribution in [0.4, 0.5) is 0 Å². The van der Waals surface area contributed by atoms with Crippen LogP contribution in [0.1, 0.15) is 12.5 Å². The molecule has 0 radical (unpaired) electrons. The van der Waals surface area contributed by atoms with Crippen molar-refractivity contribution in [1.82, 2.24) is 0 Å². The van der Waals surface area contributed by atoms with E-state index in [4.69, 9.17) is 10.00 Å². The summed E-state index contributed by atoms with van der Waals surface area (Å²) >= 11 is 0. The van der Waals surface area contributed by atoms with Crippen molar-refractivity contribution in [3.8, 4) is 6.07 Å². The van der Waals surface area contributed by atoms with Crippen molar-refractivity contribution in [2.24, 2.45) is 0 Å². The van der Waals surface area contributed by atoms with E-state index in [0.717, 1.165) is 5.56 Å². The van der Waals surface area contributed by atoms with Gasteiger partial charge in [0.25, 0.3) is 0 Å². The predicted octanol–water partition coefficient (Wildman–Crippen LogP) is 1.68. The number of carbonyl (C=O) groups excluding carboxylic acids is 1. The lowest BCUT2D eigenvalue weighted by atomic mass is 10.1. The third-order valence-corrected chi connectivity index (χ3v) is 1.77. The zero-order valence-electron chi connectivity index (χ0n) is 7.93. The Bertz CT molecular complexity index is 340. The second-order valence-electron chi connectivity index (χ2n) is 3.02. The Hall–Kier alpha value is -1.82. The molecule has 0 saturated carbocycles. The van der Waals surface area contributed by atoms with Crippen LogP contribution in [0.2, 0.25) is 0 Å². The van der Waals surface area contributed by atoms with E-state index in [2.05, 4.69) is 0 Å². The summed E-state index contributed by atoms with van der Waals surface area (Å²) in [6.45, 7) is 1.77. The van der Waals surface area contributed by atoms with Gasteiger partial charge in [-0.1, -0.05) is 30.3 Å². The first kappa shape index (κ1) is 10.3. The minimum atomic E-state index is -0.826. The minimum Gasteiger partial charge on any atom is -0.451 e. The zero-order chi connectivity index (χ0) is 10.4. The minimum absolute atomic E-state index is 0.260. The summed E-state index contributed by atoms with van der Waals surface area (Å²) < 4.78 is 4.80. The number of nitriles is 1. The Morgan fingerprint density at radius 3 is 2.71 bits per heavy atom. The lowest BCUT2D eigenvalue weighted by molar-refractivity contribution is -0.141. The highest BCUT2D eigenvalue weighted by atomic mass is 16.5. The molecule has 0 spiro atoms. The number of nitrogens with zero attached hydrogens (tertiary/aromatic N) is 1. The van der Waals surface area contributed by atoms with Crippen LogP contribution < -0.4 is 0 Å². The van der Waals surface area contributed by atoms with Gasteiger partial charge in [0.15, 0.2) is 6.07 Å². The number of esters is 1. The first-order valence-electron chi connectivity index (χ1n) is 4.37. The summed E-state index contributed by atoms with van der Waals surface area (Å²) in [4.78, 5) is 10.6. The average Bonchev–Trinajstić information content (AvgIpc) is 2.19. The standard InChI is InChI=1S/C11H11NO2/c1-9(14-11(13)8-12)7-10-5-3-2-4-6-10/h2-6,9H,7H2,1H3. The number of hydrogen-bond acceptors (Lipinski definition) is 3. The Labute approximate surface area is 82.9 Å². The van der Waals surface area contributed by atoms with Gasteiger partial charge in [-0.15, -0.1) is 0 Å². The number of rotatable bonds is 3. The Balaban J connectivity index is 2.46. The van der Waals surface area contributed by atoms with Gasteiger partial charge in [-0.05, 0) is 12.5 Å². The molecule has 0 saturated heterocycles. The SMILES string of the molecule is CC(Cc1ccccc1)OC(=O)C#N. The quantitative estimate of drug-likeness (QED) is 0.537. The van der Waals surface area contributed by atoms with Crippen molar-refractivity contribution >= 4 is 5.97 Å². The second kappa shape index (κ2) is 5.03. The fraction of sp³-hybridized carbons (Fsp3) is 0.273. The van der Waals surface area contributed by atoms with Crippen LogP contribution in [0.25, 0.3) is 0 Å². The van der Waals surface area contributed by atoms with E-state index in [0.29, 0.717) is 6.42 Å². The first-order chi connectivity index (χ1) is 6.72. The third-order valence-electron chi connectivity index (χ3n) is 1.77. The lowest BCUT2D eigenvalue weighted by Gasteiger charge is -2.09. The molecule has 0 heterocycles. The lowest BCUT2D eigenvalue weighted by Crippen LogP contribution is -2.15. The topological polar surface area (TPSA) is 50.1 Å². The van der Waals surface area contributed by atoms with Crippen molar-refractivity contribution in [1.29, 1.82) is 5.26 Å². The molecule has 0 aliphatic heterocycles. The van der Waals surface area contributed by atoms with Gasteiger partial charge >= 0.3 is 5.97 Å². The molecule has 0 bridgehead atoms. The van der Waals surface area contributed by atoms with Crippen molar-refractivity contribution in [2.75, 3.05) is 0 Å². The molecule has 1 atom stereocenters. The van der Waals surface area contributed by atoms with Crippen LogP contribution in [0.5, 0.6) is 0 Å². The molecule has 14 heavy (non-hydrogen) atoms. The summed E-state index contributed by atoms with van der Waals surface area (Å²) in [7, 11) is 0. The number of carbonyl (C=O) groups is 1. The molecule has 0 aliphatic carbocycles. The Morgan fingerprint density at radius 2 is 2.14 bits per heavy atom. The smallest absolute Gasteiger partial charge is 0.411 e. The normalized spacial score (nSPS) is 11.4. The number of ether oxygens (including phenoxy) is 1. The van der Waals surface area contributed by atoms with Gasteiger partial charge in [0.1, 0.15) is 6.10 Å². The van der Waals surface area contributed by atoms with Gasteiger partial charge in [0.05, 0.1) is 0 Å². The summed E-state index contributed by atoms with van der Waals surface area (Å²) in [6, 6.07) is 11.1. The fourth-order valence-electron chi connectivity index (χ4n) is 1.20. The maximum Gasteiger partial charge on any atom is 0.411 e. The molecule has 1 rings (SSSR count). The molecule has 1 unspecified atom stereocenters. The number of hydrogen-bond donors (Lipinski definition) is 0. The summed E-state index contributed by atoms with van der Waals surface area (Å²) in [5, 5.41) is 8.23. The molecule has 1 aromatic rings. The maximum atomic E-state index is 10.6. The van der Waals surface area contributed by atoms with E-state index in [1.54, 1.807) is 6.92 Å². The van der Waals surface area contributed by atoms with Crippen molar-refractivity contribution < 1.29 is 9.53 Å². The van der Waals surface area contributed by atoms with Crippen LogP contribution in [0, 0.1) is 11.3 Å². The van der Waals surface area contributed by atoms with Crippen molar-refractivity contribution in [3.05, 3.63) is 35.9 Å². The molecule has 0 fully saturated rings. The summed E-state index contributed by atoms with van der Waals surface area (Å²) in [5.41, 5.74) is 1.09. The number of benzene rings is 1. The van der Waals surface area contributed by atoms with E-state index in [-0.39, 0.29) is 6.10 Å².